The zero-order valence-corrected chi connectivity index (χ0v) is 21.7. The van der Waals surface area contributed by atoms with Gasteiger partial charge in [-0.3, -0.25) is 19.4 Å². The van der Waals surface area contributed by atoms with Gasteiger partial charge in [-0.2, -0.15) is 10.2 Å². The number of aromatic amines is 1. The van der Waals surface area contributed by atoms with Gasteiger partial charge in [0.15, 0.2) is 5.78 Å². The molecule has 5 rings (SSSR count). The van der Waals surface area contributed by atoms with E-state index < -0.39 is 12.0 Å². The summed E-state index contributed by atoms with van der Waals surface area (Å²) in [5.41, 5.74) is 5.06. The van der Waals surface area contributed by atoms with Crippen LogP contribution in [0.3, 0.4) is 0 Å². The van der Waals surface area contributed by atoms with Gasteiger partial charge in [0.25, 0.3) is 5.91 Å². The van der Waals surface area contributed by atoms with E-state index >= 15 is 0 Å². The monoisotopic (exact) mass is 519 g/mol. The Morgan fingerprint density at radius 3 is 2.15 bits per heavy atom. The van der Waals surface area contributed by atoms with Gasteiger partial charge in [0.05, 0.1) is 12.2 Å². The average molecular weight is 520 g/mol. The predicted octanol–water partition coefficient (Wildman–Crippen LogP) is 4.57. The van der Waals surface area contributed by atoms with E-state index in [1.54, 1.807) is 37.6 Å². The number of phenols is 1. The molecule has 0 bridgehead atoms. The Balaban J connectivity index is 1.51. The maximum atomic E-state index is 14.0. The van der Waals surface area contributed by atoms with Crippen LogP contribution in [-0.2, 0) is 18.3 Å². The lowest BCUT2D eigenvalue weighted by Crippen LogP contribution is -2.46. The first-order valence-corrected chi connectivity index (χ1v) is 12.7. The third kappa shape index (κ3) is 5.50. The lowest BCUT2D eigenvalue weighted by Gasteiger charge is -2.28. The van der Waals surface area contributed by atoms with Crippen LogP contribution in [0.4, 0.5) is 0 Å². The second-order valence-electron chi connectivity index (χ2n) is 9.49. The Labute approximate surface area is 226 Å². The minimum Gasteiger partial charge on any atom is -0.507 e. The van der Waals surface area contributed by atoms with Gasteiger partial charge in [-0.05, 0) is 35.7 Å². The molecule has 0 unspecified atom stereocenters. The van der Waals surface area contributed by atoms with Crippen LogP contribution in [-0.4, -0.2) is 42.8 Å². The van der Waals surface area contributed by atoms with Crippen LogP contribution in [0.15, 0.2) is 97.3 Å². The number of aromatic nitrogens is 4. The molecule has 39 heavy (non-hydrogen) atoms. The molecule has 1 amide bonds. The second kappa shape index (κ2) is 11.2. The fourth-order valence-corrected chi connectivity index (χ4v) is 4.91. The van der Waals surface area contributed by atoms with Gasteiger partial charge in [-0.1, -0.05) is 72.8 Å². The number of Topliss-reactive ketones (excluding diaryl/α,β-unsaturated/α-hetero) is 1. The molecule has 3 N–H and O–H groups in total. The predicted molar refractivity (Wildman–Crippen MR) is 148 cm³/mol. The Bertz CT molecular complexity index is 1550. The van der Waals surface area contributed by atoms with E-state index in [4.69, 9.17) is 0 Å². The van der Waals surface area contributed by atoms with Crippen molar-refractivity contribution < 1.29 is 14.7 Å². The van der Waals surface area contributed by atoms with Gasteiger partial charge in [0.2, 0.25) is 0 Å². The molecular weight excluding hydrogens is 490 g/mol. The van der Waals surface area contributed by atoms with Gasteiger partial charge < -0.3 is 10.4 Å². The normalized spacial score (nSPS) is 11.9. The van der Waals surface area contributed by atoms with Gasteiger partial charge in [-0.15, -0.1) is 0 Å². The molecular formula is C31H29N5O3. The highest BCUT2D eigenvalue weighted by Crippen LogP contribution is 2.33. The summed E-state index contributed by atoms with van der Waals surface area (Å²) < 4.78 is 1.48. The molecule has 0 aliphatic carbocycles. The van der Waals surface area contributed by atoms with Crippen LogP contribution in [0, 0.1) is 6.92 Å². The zero-order valence-electron chi connectivity index (χ0n) is 21.7. The van der Waals surface area contributed by atoms with Crippen molar-refractivity contribution >= 4 is 11.7 Å². The highest BCUT2D eigenvalue weighted by molar-refractivity contribution is 5.98. The number of amides is 1. The van der Waals surface area contributed by atoms with Gasteiger partial charge in [-0.25, -0.2) is 0 Å². The van der Waals surface area contributed by atoms with Crippen molar-refractivity contribution in [2.75, 3.05) is 0 Å². The van der Waals surface area contributed by atoms with Crippen LogP contribution in [0.25, 0.3) is 11.1 Å². The van der Waals surface area contributed by atoms with Gasteiger partial charge in [0, 0.05) is 42.4 Å². The summed E-state index contributed by atoms with van der Waals surface area (Å²) in [7, 11) is 1.68. The third-order valence-corrected chi connectivity index (χ3v) is 6.90. The summed E-state index contributed by atoms with van der Waals surface area (Å²) >= 11 is 0. The van der Waals surface area contributed by atoms with Crippen LogP contribution in [0.5, 0.6) is 5.75 Å². The molecule has 0 aliphatic heterocycles. The molecule has 8 heteroatoms. The number of H-pyrrole nitrogens is 1. The molecule has 0 aliphatic rings. The van der Waals surface area contributed by atoms with E-state index in [-0.39, 0.29) is 23.9 Å². The van der Waals surface area contributed by atoms with Crippen molar-refractivity contribution in [2.45, 2.75) is 25.3 Å². The summed E-state index contributed by atoms with van der Waals surface area (Å²) in [4.78, 5) is 27.4. The minimum atomic E-state index is -0.880. The summed E-state index contributed by atoms with van der Waals surface area (Å²) in [6.07, 6.45) is 3.22. The van der Waals surface area contributed by atoms with Crippen molar-refractivity contribution in [1.82, 2.24) is 25.3 Å². The second-order valence-corrected chi connectivity index (χ2v) is 9.49. The number of aryl methyl sites for hydroxylation is 2. The number of ketones is 1. The van der Waals surface area contributed by atoms with Crippen LogP contribution >= 0.6 is 0 Å². The van der Waals surface area contributed by atoms with E-state index in [0.717, 1.165) is 22.4 Å². The molecule has 3 aromatic carbocycles. The molecule has 2 heterocycles. The maximum Gasteiger partial charge on any atom is 0.270 e. The maximum absolute atomic E-state index is 14.0. The van der Waals surface area contributed by atoms with E-state index in [2.05, 4.69) is 20.6 Å². The smallest absolute Gasteiger partial charge is 0.270 e. The van der Waals surface area contributed by atoms with E-state index in [9.17, 15) is 14.7 Å². The van der Waals surface area contributed by atoms with Crippen molar-refractivity contribution in [1.29, 1.82) is 0 Å². The first-order valence-electron chi connectivity index (χ1n) is 12.7. The van der Waals surface area contributed by atoms with E-state index in [1.165, 1.54) is 4.68 Å². The number of nitrogens with one attached hydrogen (secondary N) is 2. The molecule has 196 valence electrons. The number of carbonyl (C=O) groups excluding carboxylic acids is 2. The highest BCUT2D eigenvalue weighted by Gasteiger charge is 2.33. The molecule has 0 saturated heterocycles. The summed E-state index contributed by atoms with van der Waals surface area (Å²) in [5.74, 6) is -0.949. The van der Waals surface area contributed by atoms with Crippen molar-refractivity contribution in [2.24, 2.45) is 7.05 Å². The number of aromatic hydroxyl groups is 1. The molecule has 0 spiro atoms. The quantitative estimate of drug-likeness (QED) is 0.264. The standard InChI is InChI=1S/C31H29N5O3/c1-20-25(19-32-35-20)24-14-13-21(17-27(24)37)18-28(38)30(34-31(39)26-15-16-33-36(26)2)29(22-9-5-3-6-10-22)23-11-7-4-8-12-23/h3-17,19,29-30,37H,18H2,1-2H3,(H,32,35)(H,34,39)/t30-/m1/s1. The fourth-order valence-electron chi connectivity index (χ4n) is 4.91. The van der Waals surface area contributed by atoms with Crippen molar-refractivity contribution in [3.05, 3.63) is 125 Å². The number of hydrogen-bond donors (Lipinski definition) is 3. The third-order valence-electron chi connectivity index (χ3n) is 6.90. The van der Waals surface area contributed by atoms with Crippen LogP contribution in [0.2, 0.25) is 0 Å². The van der Waals surface area contributed by atoms with Crippen molar-refractivity contribution in [3.8, 4) is 16.9 Å². The number of nitrogens with zero attached hydrogens (tertiary/aromatic N) is 3. The molecule has 8 nitrogen and oxygen atoms in total. The Kier molecular flexibility index (Phi) is 7.36. The lowest BCUT2D eigenvalue weighted by molar-refractivity contribution is -0.120. The lowest BCUT2D eigenvalue weighted by atomic mass is 9.81. The molecule has 5 aromatic rings. The zero-order chi connectivity index (χ0) is 27.4. The Morgan fingerprint density at radius 2 is 1.62 bits per heavy atom. The number of benzene rings is 3. The number of carbonyl (C=O) groups is 2. The minimum absolute atomic E-state index is 0.0186. The topological polar surface area (TPSA) is 113 Å². The van der Waals surface area contributed by atoms with Gasteiger partial charge in [0.1, 0.15) is 11.4 Å². The number of rotatable bonds is 9. The van der Waals surface area contributed by atoms with Gasteiger partial charge >= 0.3 is 0 Å². The highest BCUT2D eigenvalue weighted by atomic mass is 16.3. The molecule has 0 saturated carbocycles. The Morgan fingerprint density at radius 1 is 0.949 bits per heavy atom. The Hall–Kier alpha value is -4.98. The largest absolute Gasteiger partial charge is 0.507 e. The fraction of sp³-hybridized carbons (Fsp3) is 0.161. The van der Waals surface area contributed by atoms with Crippen molar-refractivity contribution in [3.63, 3.8) is 0 Å². The molecule has 0 fully saturated rings. The van der Waals surface area contributed by atoms with E-state index in [1.807, 2.05) is 73.7 Å². The van der Waals surface area contributed by atoms with E-state index in [0.29, 0.717) is 16.8 Å². The average Bonchev–Trinajstić information content (AvgIpc) is 3.57. The summed E-state index contributed by atoms with van der Waals surface area (Å²) in [6.45, 7) is 1.88. The number of hydrogen-bond acceptors (Lipinski definition) is 5. The molecule has 1 atom stereocenters. The molecule has 0 radical (unpaired) electrons. The summed E-state index contributed by atoms with van der Waals surface area (Å²) in [6, 6.07) is 25.3. The first-order chi connectivity index (χ1) is 18.9. The van der Waals surface area contributed by atoms with Crippen LogP contribution < -0.4 is 5.32 Å². The number of phenolic OH excluding ortho intramolecular Hbond substituents is 1. The SMILES string of the molecule is Cc1[nH]ncc1-c1ccc(CC(=O)[C@@H](NC(=O)c2ccnn2C)C(c2ccccc2)c2ccccc2)cc1O. The first kappa shape index (κ1) is 25.7. The molecule has 2 aromatic heterocycles. The summed E-state index contributed by atoms with van der Waals surface area (Å²) in [5, 5.41) is 24.8. The van der Waals surface area contributed by atoms with Crippen LogP contribution in [0.1, 0.15) is 38.8 Å².